The van der Waals surface area contributed by atoms with E-state index in [0.29, 0.717) is 22.7 Å². The number of rotatable bonds is 1. The first-order valence-corrected chi connectivity index (χ1v) is 4.12. The summed E-state index contributed by atoms with van der Waals surface area (Å²) in [5.41, 5.74) is 0.230. The highest BCUT2D eigenvalue weighted by Crippen LogP contribution is 2.10. The molecule has 0 aliphatic carbocycles. The fraction of sp³-hybridized carbons (Fsp3) is 0.222. The summed E-state index contributed by atoms with van der Waals surface area (Å²) < 4.78 is 4.94. The predicted molar refractivity (Wildman–Crippen MR) is 51.4 cm³/mol. The molecule has 0 fully saturated rings. The van der Waals surface area contributed by atoms with E-state index in [4.69, 9.17) is 4.74 Å². The van der Waals surface area contributed by atoms with Crippen molar-refractivity contribution in [3.63, 3.8) is 0 Å². The van der Waals surface area contributed by atoms with Crippen LogP contribution >= 0.6 is 0 Å². The summed E-state index contributed by atoms with van der Waals surface area (Å²) in [7, 11) is 1.52. The third kappa shape index (κ3) is 1.32. The second-order valence-electron chi connectivity index (χ2n) is 2.88. The Morgan fingerprint density at radius 3 is 2.86 bits per heavy atom. The van der Waals surface area contributed by atoms with Crippen molar-refractivity contribution in [1.82, 2.24) is 15.0 Å². The van der Waals surface area contributed by atoms with E-state index in [0.717, 1.165) is 0 Å². The molecule has 0 atom stereocenters. The lowest BCUT2D eigenvalue weighted by Crippen LogP contribution is -2.10. The first kappa shape index (κ1) is 8.68. The number of hydrogen-bond acceptors (Lipinski definition) is 4. The number of nitrogens with zero attached hydrogens (tertiary/aromatic N) is 2. The Hall–Kier alpha value is -1.91. The standard InChI is InChI=1S/C9H9N3O2/c1-5-10-8-6(9(13)11-5)3-4-7(12-8)14-2/h3-4H,1-2H3,(H,10,11,12,13). The average Bonchev–Trinajstić information content (AvgIpc) is 2.16. The minimum absolute atomic E-state index is 0.178. The van der Waals surface area contributed by atoms with Crippen LogP contribution in [0.5, 0.6) is 5.88 Å². The summed E-state index contributed by atoms with van der Waals surface area (Å²) in [5, 5.41) is 0.469. The molecule has 72 valence electrons. The number of aryl methyl sites for hydroxylation is 1. The minimum atomic E-state index is -0.178. The molecule has 14 heavy (non-hydrogen) atoms. The molecule has 1 N–H and O–H groups in total. The molecule has 2 aromatic heterocycles. The number of H-pyrrole nitrogens is 1. The van der Waals surface area contributed by atoms with Crippen molar-refractivity contribution in [2.75, 3.05) is 7.11 Å². The first-order valence-electron chi connectivity index (χ1n) is 4.12. The molecule has 0 bridgehead atoms. The maximum atomic E-state index is 11.4. The highest BCUT2D eigenvalue weighted by molar-refractivity contribution is 5.73. The minimum Gasteiger partial charge on any atom is -0.481 e. The molecule has 0 saturated carbocycles. The summed E-state index contributed by atoms with van der Waals surface area (Å²) in [5.74, 6) is 0.998. The molecule has 0 unspecified atom stereocenters. The third-order valence-electron chi connectivity index (χ3n) is 1.87. The zero-order valence-electron chi connectivity index (χ0n) is 7.87. The highest BCUT2D eigenvalue weighted by atomic mass is 16.5. The summed E-state index contributed by atoms with van der Waals surface area (Å²) in [6.07, 6.45) is 0. The number of nitrogens with one attached hydrogen (secondary N) is 1. The number of aromatic nitrogens is 3. The van der Waals surface area contributed by atoms with Gasteiger partial charge in [-0.25, -0.2) is 4.98 Å². The van der Waals surface area contributed by atoms with Gasteiger partial charge in [0.15, 0.2) is 5.65 Å². The molecule has 0 amide bonds. The molecule has 0 aliphatic rings. The normalized spacial score (nSPS) is 10.4. The molecule has 2 rings (SSSR count). The van der Waals surface area contributed by atoms with Crippen molar-refractivity contribution in [2.45, 2.75) is 6.92 Å². The molecule has 0 aromatic carbocycles. The Labute approximate surface area is 79.8 Å². The van der Waals surface area contributed by atoms with Gasteiger partial charge in [0.1, 0.15) is 5.82 Å². The number of pyridine rings is 1. The maximum Gasteiger partial charge on any atom is 0.260 e. The molecule has 0 spiro atoms. The van der Waals surface area contributed by atoms with Gasteiger partial charge in [-0.2, -0.15) is 4.98 Å². The average molecular weight is 191 g/mol. The van der Waals surface area contributed by atoms with E-state index >= 15 is 0 Å². The van der Waals surface area contributed by atoms with E-state index in [1.54, 1.807) is 19.1 Å². The topological polar surface area (TPSA) is 67.9 Å². The van der Waals surface area contributed by atoms with Gasteiger partial charge in [-0.15, -0.1) is 0 Å². The van der Waals surface area contributed by atoms with E-state index in [1.807, 2.05) is 0 Å². The molecule has 2 aromatic rings. The zero-order chi connectivity index (χ0) is 10.1. The van der Waals surface area contributed by atoms with Gasteiger partial charge in [0.05, 0.1) is 12.5 Å². The van der Waals surface area contributed by atoms with Crippen LogP contribution in [-0.2, 0) is 0 Å². The van der Waals surface area contributed by atoms with E-state index in [2.05, 4.69) is 15.0 Å². The van der Waals surface area contributed by atoms with Crippen molar-refractivity contribution in [3.8, 4) is 5.88 Å². The van der Waals surface area contributed by atoms with Gasteiger partial charge in [0.2, 0.25) is 5.88 Å². The fourth-order valence-corrected chi connectivity index (χ4v) is 1.23. The third-order valence-corrected chi connectivity index (χ3v) is 1.87. The van der Waals surface area contributed by atoms with Crippen LogP contribution < -0.4 is 10.3 Å². The molecule has 2 heterocycles. The van der Waals surface area contributed by atoms with Crippen molar-refractivity contribution in [2.24, 2.45) is 0 Å². The van der Waals surface area contributed by atoms with Gasteiger partial charge in [-0.3, -0.25) is 4.79 Å². The Balaban J connectivity index is 2.82. The van der Waals surface area contributed by atoms with E-state index < -0.39 is 0 Å². The lowest BCUT2D eigenvalue weighted by Gasteiger charge is -2.00. The Morgan fingerprint density at radius 2 is 2.14 bits per heavy atom. The van der Waals surface area contributed by atoms with E-state index in [-0.39, 0.29) is 5.56 Å². The molecule has 0 aliphatic heterocycles. The molecule has 0 saturated heterocycles. The number of fused-ring (bicyclic) bond motifs is 1. The van der Waals surface area contributed by atoms with Gasteiger partial charge in [0, 0.05) is 6.07 Å². The van der Waals surface area contributed by atoms with Crippen LogP contribution in [0.25, 0.3) is 11.0 Å². The lowest BCUT2D eigenvalue weighted by molar-refractivity contribution is 0.399. The number of aromatic amines is 1. The maximum absolute atomic E-state index is 11.4. The van der Waals surface area contributed by atoms with Crippen molar-refractivity contribution in [3.05, 3.63) is 28.3 Å². The molecule has 0 radical (unpaired) electrons. The van der Waals surface area contributed by atoms with Gasteiger partial charge >= 0.3 is 0 Å². The van der Waals surface area contributed by atoms with Crippen LogP contribution in [0.4, 0.5) is 0 Å². The van der Waals surface area contributed by atoms with E-state index in [1.165, 1.54) is 7.11 Å². The molecular formula is C9H9N3O2. The quantitative estimate of drug-likeness (QED) is 0.718. The summed E-state index contributed by atoms with van der Waals surface area (Å²) in [6.45, 7) is 1.71. The fourth-order valence-electron chi connectivity index (χ4n) is 1.23. The number of methoxy groups -OCH3 is 1. The van der Waals surface area contributed by atoms with Crippen LogP contribution in [0.1, 0.15) is 5.82 Å². The van der Waals surface area contributed by atoms with Crippen LogP contribution in [0.2, 0.25) is 0 Å². The number of hydrogen-bond donors (Lipinski definition) is 1. The van der Waals surface area contributed by atoms with Crippen LogP contribution in [0.3, 0.4) is 0 Å². The van der Waals surface area contributed by atoms with Gasteiger partial charge < -0.3 is 9.72 Å². The second-order valence-corrected chi connectivity index (χ2v) is 2.88. The molecule has 5 heteroatoms. The zero-order valence-corrected chi connectivity index (χ0v) is 7.87. The molecular weight excluding hydrogens is 182 g/mol. The Morgan fingerprint density at radius 1 is 1.36 bits per heavy atom. The highest BCUT2D eigenvalue weighted by Gasteiger charge is 2.03. The van der Waals surface area contributed by atoms with Gasteiger partial charge in [-0.05, 0) is 13.0 Å². The van der Waals surface area contributed by atoms with Crippen LogP contribution in [0, 0.1) is 6.92 Å². The number of ether oxygens (including phenoxy) is 1. The van der Waals surface area contributed by atoms with Crippen LogP contribution in [-0.4, -0.2) is 22.1 Å². The van der Waals surface area contributed by atoms with Crippen molar-refractivity contribution in [1.29, 1.82) is 0 Å². The van der Waals surface area contributed by atoms with Gasteiger partial charge in [-0.1, -0.05) is 0 Å². The van der Waals surface area contributed by atoms with Crippen molar-refractivity contribution < 1.29 is 4.74 Å². The van der Waals surface area contributed by atoms with Crippen molar-refractivity contribution >= 4 is 11.0 Å². The SMILES string of the molecule is COc1ccc2c(=O)[nH]c(C)nc2n1. The van der Waals surface area contributed by atoms with Gasteiger partial charge in [0.25, 0.3) is 5.56 Å². The predicted octanol–water partition coefficient (Wildman–Crippen LogP) is 0.635. The molecule has 5 nitrogen and oxygen atoms in total. The van der Waals surface area contributed by atoms with Crippen LogP contribution in [0.15, 0.2) is 16.9 Å². The summed E-state index contributed by atoms with van der Waals surface area (Å²) >= 11 is 0. The summed E-state index contributed by atoms with van der Waals surface area (Å²) in [4.78, 5) is 22.2. The first-order chi connectivity index (χ1) is 6.70. The summed E-state index contributed by atoms with van der Waals surface area (Å²) in [6, 6.07) is 3.28. The second kappa shape index (κ2) is 3.10. The largest absolute Gasteiger partial charge is 0.481 e. The lowest BCUT2D eigenvalue weighted by atomic mass is 10.3. The van der Waals surface area contributed by atoms with E-state index in [9.17, 15) is 4.79 Å². The monoisotopic (exact) mass is 191 g/mol. The Kier molecular flexibility index (Phi) is 1.92. The Bertz CT molecular complexity index is 533. The smallest absolute Gasteiger partial charge is 0.260 e.